The van der Waals surface area contributed by atoms with E-state index in [0.29, 0.717) is 65.7 Å². The molecule has 622 valence electrons. The van der Waals surface area contributed by atoms with E-state index < -0.39 is 0 Å². The zero-order chi connectivity index (χ0) is 83.5. The number of morpholine rings is 1. The zero-order valence-corrected chi connectivity index (χ0v) is 73.7. The van der Waals surface area contributed by atoms with E-state index in [0.717, 1.165) is 114 Å². The van der Waals surface area contributed by atoms with Crippen LogP contribution in [-0.2, 0) is 4.74 Å². The first-order chi connectivity index (χ1) is 54.0. The fourth-order valence-corrected chi connectivity index (χ4v) is 12.0. The molecule has 1 atom stereocenters. The van der Waals surface area contributed by atoms with Crippen LogP contribution in [0.2, 0.25) is 0 Å². The second-order valence-electron chi connectivity index (χ2n) is 32.0. The van der Waals surface area contributed by atoms with Crippen molar-refractivity contribution in [1.29, 1.82) is 0 Å². The number of carbonyl (C=O) groups excluding carboxylic acids is 2. The van der Waals surface area contributed by atoms with Gasteiger partial charge in [0.25, 0.3) is 11.8 Å². The van der Waals surface area contributed by atoms with Crippen molar-refractivity contribution in [2.24, 2.45) is 0 Å². The SMILES string of the molecule is CC(C)N1CCN(C(=O)c2ccccc2)CC1.CC(C)N1CCN(C(=O)c2ccccc2)C[C@H]1C.CC(C)N1CCNCC1.CC(C)N1CCOCC1.CC(C)c1ccccc1.CC(C)c1ccccn1.CC(C)c1cccnc1.CC(C)c1ccncc1.CC(C)c1cnc[nH]1.CC(C)c1ncc[nH]1.CC(C)n1ccnc1. The molecule has 0 aliphatic carbocycles. The second kappa shape index (κ2) is 57.5. The minimum atomic E-state index is 0.158. The lowest BCUT2D eigenvalue weighted by Crippen LogP contribution is -2.55. The summed E-state index contributed by atoms with van der Waals surface area (Å²) in [6, 6.07) is 47.3. The molecular formula is C94H148N16O3. The minimum absolute atomic E-state index is 0.158. The monoisotopic (exact) mass is 1550 g/mol. The van der Waals surface area contributed by atoms with Crippen molar-refractivity contribution in [3.8, 4) is 0 Å². The molecule has 4 fully saturated rings. The third-order valence-corrected chi connectivity index (χ3v) is 19.5. The number of aromatic nitrogens is 9. The third-order valence-electron chi connectivity index (χ3n) is 19.5. The van der Waals surface area contributed by atoms with Crippen LogP contribution < -0.4 is 5.32 Å². The smallest absolute Gasteiger partial charge is 0.253 e. The molecule has 0 unspecified atom stereocenters. The predicted molar refractivity (Wildman–Crippen MR) is 473 cm³/mol. The Bertz CT molecular complexity index is 3370. The van der Waals surface area contributed by atoms with Gasteiger partial charge in [0.2, 0.25) is 0 Å². The number of pyridine rings is 3. The van der Waals surface area contributed by atoms with Crippen LogP contribution >= 0.6 is 0 Å². The molecule has 19 nitrogen and oxygen atoms in total. The van der Waals surface area contributed by atoms with Crippen molar-refractivity contribution in [2.75, 3.05) is 98.3 Å². The van der Waals surface area contributed by atoms with Crippen LogP contribution in [0.15, 0.2) is 208 Å². The molecule has 19 heteroatoms. The van der Waals surface area contributed by atoms with Crippen LogP contribution in [-0.4, -0.2) is 214 Å². The second-order valence-corrected chi connectivity index (χ2v) is 32.0. The lowest BCUT2D eigenvalue weighted by Gasteiger charge is -2.42. The number of amides is 2. The summed E-state index contributed by atoms with van der Waals surface area (Å²) in [7, 11) is 0. The van der Waals surface area contributed by atoms with Gasteiger partial charge in [0.15, 0.2) is 0 Å². The highest BCUT2D eigenvalue weighted by molar-refractivity contribution is 5.94. The summed E-state index contributed by atoms with van der Waals surface area (Å²) in [5, 5.41) is 3.33. The molecule has 4 saturated heterocycles. The van der Waals surface area contributed by atoms with E-state index in [4.69, 9.17) is 4.74 Å². The molecule has 113 heavy (non-hydrogen) atoms. The molecule has 4 aliphatic rings. The first kappa shape index (κ1) is 98.6. The number of ether oxygens (including phenoxy) is 1. The summed E-state index contributed by atoms with van der Waals surface area (Å²) in [5.74, 6) is 4.89. The largest absolute Gasteiger partial charge is 0.379 e. The van der Waals surface area contributed by atoms with Gasteiger partial charge in [0.1, 0.15) is 5.82 Å². The fraction of sp³-hybridized carbons (Fsp3) is 0.532. The van der Waals surface area contributed by atoms with Gasteiger partial charge < -0.3 is 34.4 Å². The number of imidazole rings is 3. The Morgan fingerprint density at radius 3 is 1.24 bits per heavy atom. The number of aromatic amines is 2. The lowest BCUT2D eigenvalue weighted by molar-refractivity contribution is 0.0238. The van der Waals surface area contributed by atoms with Gasteiger partial charge in [-0.05, 0) is 177 Å². The topological polar surface area (TPSA) is 189 Å². The molecule has 0 saturated carbocycles. The molecule has 3 N–H and O–H groups in total. The highest BCUT2D eigenvalue weighted by Gasteiger charge is 2.29. The third kappa shape index (κ3) is 41.9. The van der Waals surface area contributed by atoms with E-state index in [1.54, 1.807) is 24.9 Å². The maximum atomic E-state index is 12.3. The number of piperazine rings is 3. The Morgan fingerprint density at radius 1 is 0.398 bits per heavy atom. The van der Waals surface area contributed by atoms with Gasteiger partial charge in [0.05, 0.1) is 25.9 Å². The molecular weight excluding hydrogens is 1400 g/mol. The number of H-pyrrole nitrogens is 2. The number of nitrogens with one attached hydrogen (secondary N) is 3. The minimum Gasteiger partial charge on any atom is -0.379 e. The van der Waals surface area contributed by atoms with Crippen molar-refractivity contribution >= 4 is 11.8 Å². The molecule has 9 aromatic rings. The quantitative estimate of drug-likeness (QED) is 0.0989. The van der Waals surface area contributed by atoms with Crippen LogP contribution in [0.1, 0.15) is 255 Å². The number of carbonyl (C=O) groups is 2. The van der Waals surface area contributed by atoms with Crippen molar-refractivity contribution in [2.45, 2.75) is 231 Å². The number of nitrogens with zero attached hydrogens (tertiary/aromatic N) is 13. The Balaban J connectivity index is 0.000000326. The number of hydrogen-bond acceptors (Lipinski definition) is 14. The van der Waals surface area contributed by atoms with Gasteiger partial charge in [-0.1, -0.05) is 162 Å². The van der Waals surface area contributed by atoms with Crippen LogP contribution in [0.5, 0.6) is 0 Å². The van der Waals surface area contributed by atoms with Gasteiger partial charge >= 0.3 is 0 Å². The average Bonchev–Trinajstić information content (AvgIpc) is 1.31. The van der Waals surface area contributed by atoms with E-state index in [1.807, 2.05) is 163 Å². The van der Waals surface area contributed by atoms with E-state index in [1.165, 1.54) is 35.5 Å². The van der Waals surface area contributed by atoms with E-state index >= 15 is 0 Å². The van der Waals surface area contributed by atoms with Gasteiger partial charge in [-0.3, -0.25) is 44.1 Å². The van der Waals surface area contributed by atoms with E-state index in [-0.39, 0.29) is 11.8 Å². The van der Waals surface area contributed by atoms with Gasteiger partial charge in [-0.15, -0.1) is 0 Å². The molecule has 0 bridgehead atoms. The zero-order valence-electron chi connectivity index (χ0n) is 73.7. The number of rotatable bonds is 13. The van der Waals surface area contributed by atoms with Crippen molar-refractivity contribution < 1.29 is 14.3 Å². The summed E-state index contributed by atoms with van der Waals surface area (Å²) >= 11 is 0. The van der Waals surface area contributed by atoms with Crippen molar-refractivity contribution in [3.05, 3.63) is 253 Å². The van der Waals surface area contributed by atoms with Gasteiger partial charge in [0, 0.05) is 212 Å². The molecule has 0 radical (unpaired) electrons. The lowest BCUT2D eigenvalue weighted by atomic mass is 10.0. The first-order valence-electron chi connectivity index (χ1n) is 41.7. The summed E-state index contributed by atoms with van der Waals surface area (Å²) in [6.45, 7) is 65.2. The standard InChI is InChI=1S/C15H22N2O.C14H20N2O.C9H12.3C8H11N.C7H16N2.C7H15NO.3C6H10N2/c1-12(2)17-10-9-16(11-13(17)3)15(18)14-7-5-4-6-8-14;1-12(2)15-8-10-16(11-9-15)14(17)13-6-4-3-5-7-13;1-8(2)9-6-4-3-5-7-9;1-7(2)8-3-5-9-6-4-8;1-7(2)8-4-3-5-9-6-8;1-7(2)8-5-3-4-6-9-8;1-7(2)9-5-3-8-4-6-9;1-7(2)8-3-5-9-6-4-8;1-5(2)6-3-7-4-8-6;1-6(2)8-4-3-7-5-8;1-5(2)6-7-3-4-8-6/h4-8,12-13H,9-11H2,1-3H3;3-7,12H,8-11H2,1-2H3;3-8H,1-2H3;3*3-7H,1-2H3;7-8H,3-6H2,1-2H3;7H,3-6H2,1-2H3;3-5H,1-2H3,(H,7,8);3-6H,1-2H3;3-5H,1-2H3,(H,7,8)/t13-;;;;;;;;;;/m1........../s1. The Labute approximate surface area is 684 Å². The van der Waals surface area contributed by atoms with Gasteiger partial charge in [-0.2, -0.15) is 0 Å². The molecule has 6 aromatic heterocycles. The van der Waals surface area contributed by atoms with Crippen molar-refractivity contribution in [3.63, 3.8) is 0 Å². The summed E-state index contributed by atoms with van der Waals surface area (Å²) in [6.07, 6.45) is 21.9. The molecule has 13 rings (SSSR count). The Morgan fingerprint density at radius 2 is 0.903 bits per heavy atom. The molecule has 4 aliphatic heterocycles. The van der Waals surface area contributed by atoms with Crippen LogP contribution in [0.4, 0.5) is 0 Å². The Hall–Kier alpha value is -8.56. The summed E-state index contributed by atoms with van der Waals surface area (Å²) < 4.78 is 7.26. The highest BCUT2D eigenvalue weighted by atomic mass is 16.5. The Kier molecular flexibility index (Phi) is 50.2. The number of hydrogen-bond donors (Lipinski definition) is 3. The fourth-order valence-electron chi connectivity index (χ4n) is 12.0. The summed E-state index contributed by atoms with van der Waals surface area (Å²) in [5.41, 5.74) is 8.02. The maximum absolute atomic E-state index is 12.3. The van der Waals surface area contributed by atoms with Crippen LogP contribution in [0.25, 0.3) is 0 Å². The highest BCUT2D eigenvalue weighted by Crippen LogP contribution is 2.18. The average molecular weight is 1550 g/mol. The molecule has 2 amide bonds. The molecule has 10 heterocycles. The predicted octanol–water partition coefficient (Wildman–Crippen LogP) is 19.1. The van der Waals surface area contributed by atoms with Crippen LogP contribution in [0.3, 0.4) is 0 Å². The number of benzene rings is 3. The van der Waals surface area contributed by atoms with Crippen molar-refractivity contribution in [1.82, 2.24) is 79.2 Å². The molecule has 3 aromatic carbocycles. The van der Waals surface area contributed by atoms with Gasteiger partial charge in [-0.25, -0.2) is 15.0 Å². The van der Waals surface area contributed by atoms with Crippen LogP contribution in [0, 0.1) is 0 Å². The maximum Gasteiger partial charge on any atom is 0.253 e. The summed E-state index contributed by atoms with van der Waals surface area (Å²) in [4.78, 5) is 68.2. The van der Waals surface area contributed by atoms with E-state index in [2.05, 4.69) is 259 Å². The van der Waals surface area contributed by atoms with E-state index in [9.17, 15) is 9.59 Å². The normalized spacial score (nSPS) is 15.1. The molecule has 0 spiro atoms. The first-order valence-corrected chi connectivity index (χ1v) is 41.7.